The van der Waals surface area contributed by atoms with Crippen molar-refractivity contribution in [3.63, 3.8) is 0 Å². The van der Waals surface area contributed by atoms with Gasteiger partial charge in [-0.05, 0) is 24.3 Å². The Bertz CT molecular complexity index is 510. The lowest BCUT2D eigenvalue weighted by atomic mass is 10.0. The monoisotopic (exact) mass is 365 g/mol. The highest BCUT2D eigenvalue weighted by Gasteiger charge is 2.27. The molecule has 0 heterocycles. The molecule has 148 valence electrons. The number of benzene rings is 1. The summed E-state index contributed by atoms with van der Waals surface area (Å²) in [5.41, 5.74) is 7.14. The van der Waals surface area contributed by atoms with Crippen LogP contribution in [0.2, 0.25) is 0 Å². The second-order valence-corrected chi connectivity index (χ2v) is 7.30. The van der Waals surface area contributed by atoms with E-state index in [2.05, 4.69) is 10.6 Å². The van der Waals surface area contributed by atoms with Gasteiger partial charge in [-0.3, -0.25) is 4.79 Å². The van der Waals surface area contributed by atoms with Gasteiger partial charge in [-0.1, -0.05) is 57.5 Å². The van der Waals surface area contributed by atoms with Gasteiger partial charge in [0, 0.05) is 19.1 Å². The van der Waals surface area contributed by atoms with Crippen LogP contribution in [0.15, 0.2) is 30.3 Å². The standard InChI is InChI=1S/C20H35N3O3/c1-4-8-17(24)19(20(26)23-12-14(2)3)22-13-18(25)16(21)11-15-9-6-5-7-10-15/h5-7,9-10,14,16-19,22,24-25H,4,8,11-13,21H2,1-3H3,(H,23,26)/t16-,17+,18+,19?/m0/s1. The third-order valence-electron chi connectivity index (χ3n) is 4.29. The van der Waals surface area contributed by atoms with Gasteiger partial charge in [-0.25, -0.2) is 0 Å². The van der Waals surface area contributed by atoms with Gasteiger partial charge in [0.2, 0.25) is 5.91 Å². The zero-order valence-corrected chi connectivity index (χ0v) is 16.2. The van der Waals surface area contributed by atoms with E-state index in [1.54, 1.807) is 0 Å². The fourth-order valence-electron chi connectivity index (χ4n) is 2.70. The number of hydrogen-bond acceptors (Lipinski definition) is 5. The predicted molar refractivity (Wildman–Crippen MR) is 105 cm³/mol. The van der Waals surface area contributed by atoms with E-state index < -0.39 is 24.3 Å². The van der Waals surface area contributed by atoms with Crippen molar-refractivity contribution in [3.05, 3.63) is 35.9 Å². The van der Waals surface area contributed by atoms with Crippen LogP contribution in [0.3, 0.4) is 0 Å². The molecule has 0 fully saturated rings. The third-order valence-corrected chi connectivity index (χ3v) is 4.29. The molecule has 0 radical (unpaired) electrons. The summed E-state index contributed by atoms with van der Waals surface area (Å²) in [7, 11) is 0. The van der Waals surface area contributed by atoms with Crippen molar-refractivity contribution in [2.45, 2.75) is 64.3 Å². The Hall–Kier alpha value is -1.47. The zero-order chi connectivity index (χ0) is 19.5. The molecule has 6 nitrogen and oxygen atoms in total. The Balaban J connectivity index is 2.58. The summed E-state index contributed by atoms with van der Waals surface area (Å²) in [5, 5.41) is 26.5. The fraction of sp³-hybridized carbons (Fsp3) is 0.650. The third kappa shape index (κ3) is 8.27. The lowest BCUT2D eigenvalue weighted by Gasteiger charge is -2.26. The lowest BCUT2D eigenvalue weighted by molar-refractivity contribution is -0.126. The summed E-state index contributed by atoms with van der Waals surface area (Å²) in [6, 6.07) is 8.52. The van der Waals surface area contributed by atoms with Crippen molar-refractivity contribution in [2.24, 2.45) is 11.7 Å². The summed E-state index contributed by atoms with van der Waals surface area (Å²) < 4.78 is 0. The SMILES string of the molecule is CCC[C@@H](O)C(NC[C@@H](O)[C@@H](N)Cc1ccccc1)C(=O)NCC(C)C. The average Bonchev–Trinajstić information content (AvgIpc) is 2.61. The molecule has 0 aromatic heterocycles. The van der Waals surface area contributed by atoms with Crippen molar-refractivity contribution in [1.29, 1.82) is 0 Å². The smallest absolute Gasteiger partial charge is 0.239 e. The van der Waals surface area contributed by atoms with Crippen LogP contribution in [-0.4, -0.2) is 53.5 Å². The van der Waals surface area contributed by atoms with Gasteiger partial charge in [0.1, 0.15) is 6.04 Å². The van der Waals surface area contributed by atoms with Crippen LogP contribution in [0.25, 0.3) is 0 Å². The van der Waals surface area contributed by atoms with Crippen LogP contribution in [0.1, 0.15) is 39.2 Å². The Morgan fingerprint density at radius 3 is 2.35 bits per heavy atom. The molecule has 0 aliphatic heterocycles. The van der Waals surface area contributed by atoms with Crippen molar-refractivity contribution >= 4 is 5.91 Å². The molecular weight excluding hydrogens is 330 g/mol. The van der Waals surface area contributed by atoms with E-state index in [-0.39, 0.29) is 12.5 Å². The number of aliphatic hydroxyl groups excluding tert-OH is 2. The summed E-state index contributed by atoms with van der Waals surface area (Å²) in [4.78, 5) is 12.4. The molecule has 6 N–H and O–H groups in total. The van der Waals surface area contributed by atoms with Gasteiger partial charge in [0.05, 0.1) is 12.2 Å². The number of carbonyl (C=O) groups is 1. The second kappa shape index (κ2) is 12.0. The molecule has 0 aliphatic rings. The molecule has 1 aromatic carbocycles. The molecule has 6 heteroatoms. The molecule has 0 spiro atoms. The van der Waals surface area contributed by atoms with Crippen LogP contribution < -0.4 is 16.4 Å². The lowest BCUT2D eigenvalue weighted by Crippen LogP contribution is -2.55. The minimum absolute atomic E-state index is 0.147. The average molecular weight is 366 g/mol. The molecule has 1 rings (SSSR count). The summed E-state index contributed by atoms with van der Waals surface area (Å²) in [6.07, 6.45) is 0.214. The van der Waals surface area contributed by atoms with Crippen molar-refractivity contribution in [1.82, 2.24) is 10.6 Å². The van der Waals surface area contributed by atoms with Gasteiger partial charge in [0.25, 0.3) is 0 Å². The topological polar surface area (TPSA) is 108 Å². The van der Waals surface area contributed by atoms with E-state index in [4.69, 9.17) is 5.73 Å². The highest BCUT2D eigenvalue weighted by Crippen LogP contribution is 2.07. The highest BCUT2D eigenvalue weighted by atomic mass is 16.3. The van der Waals surface area contributed by atoms with Crippen molar-refractivity contribution in [3.8, 4) is 0 Å². The van der Waals surface area contributed by atoms with Crippen LogP contribution in [0.4, 0.5) is 0 Å². The van der Waals surface area contributed by atoms with Gasteiger partial charge in [0.15, 0.2) is 0 Å². The van der Waals surface area contributed by atoms with Crippen LogP contribution >= 0.6 is 0 Å². The van der Waals surface area contributed by atoms with E-state index in [1.165, 1.54) is 0 Å². The molecule has 26 heavy (non-hydrogen) atoms. The zero-order valence-electron chi connectivity index (χ0n) is 16.2. The van der Waals surface area contributed by atoms with E-state index in [0.717, 1.165) is 12.0 Å². The van der Waals surface area contributed by atoms with Crippen LogP contribution in [0, 0.1) is 5.92 Å². The molecule has 0 saturated carbocycles. The predicted octanol–water partition coefficient (Wildman–Crippen LogP) is 0.809. The molecule has 0 saturated heterocycles. The van der Waals surface area contributed by atoms with Gasteiger partial charge in [-0.2, -0.15) is 0 Å². The van der Waals surface area contributed by atoms with Crippen molar-refractivity contribution < 1.29 is 15.0 Å². The molecule has 0 bridgehead atoms. The molecule has 4 atom stereocenters. The first-order valence-corrected chi connectivity index (χ1v) is 9.51. The Kier molecular flexibility index (Phi) is 10.4. The first kappa shape index (κ1) is 22.6. The number of amides is 1. The number of rotatable bonds is 12. The molecular formula is C20H35N3O3. The number of nitrogens with two attached hydrogens (primary N) is 1. The normalized spacial score (nSPS) is 16.1. The van der Waals surface area contributed by atoms with Crippen LogP contribution in [0.5, 0.6) is 0 Å². The van der Waals surface area contributed by atoms with Crippen molar-refractivity contribution in [2.75, 3.05) is 13.1 Å². The number of carbonyl (C=O) groups excluding carboxylic acids is 1. The van der Waals surface area contributed by atoms with Gasteiger partial charge >= 0.3 is 0 Å². The summed E-state index contributed by atoms with van der Waals surface area (Å²) >= 11 is 0. The maximum Gasteiger partial charge on any atom is 0.239 e. The van der Waals surface area contributed by atoms with Gasteiger partial charge < -0.3 is 26.6 Å². The van der Waals surface area contributed by atoms with E-state index in [0.29, 0.717) is 25.3 Å². The van der Waals surface area contributed by atoms with E-state index in [9.17, 15) is 15.0 Å². The molecule has 0 aliphatic carbocycles. The molecule has 1 aromatic rings. The number of hydrogen-bond donors (Lipinski definition) is 5. The molecule has 1 unspecified atom stereocenters. The largest absolute Gasteiger partial charge is 0.391 e. The Labute approximate surface area is 157 Å². The first-order chi connectivity index (χ1) is 12.3. The van der Waals surface area contributed by atoms with Gasteiger partial charge in [-0.15, -0.1) is 0 Å². The van der Waals surface area contributed by atoms with E-state index in [1.807, 2.05) is 51.1 Å². The maximum atomic E-state index is 12.4. The quantitative estimate of drug-likeness (QED) is 0.377. The number of nitrogens with one attached hydrogen (secondary N) is 2. The Morgan fingerprint density at radius 1 is 1.12 bits per heavy atom. The maximum absolute atomic E-state index is 12.4. The minimum Gasteiger partial charge on any atom is -0.391 e. The summed E-state index contributed by atoms with van der Waals surface area (Å²) in [5.74, 6) is 0.0799. The minimum atomic E-state index is -0.815. The number of aliphatic hydroxyl groups is 2. The first-order valence-electron chi connectivity index (χ1n) is 9.51. The van der Waals surface area contributed by atoms with E-state index >= 15 is 0 Å². The Morgan fingerprint density at radius 2 is 1.77 bits per heavy atom. The van der Waals surface area contributed by atoms with Crippen LogP contribution in [-0.2, 0) is 11.2 Å². The highest BCUT2D eigenvalue weighted by molar-refractivity contribution is 5.82. The fourth-order valence-corrected chi connectivity index (χ4v) is 2.70. The summed E-state index contributed by atoms with van der Waals surface area (Å²) in [6.45, 7) is 6.67. The second-order valence-electron chi connectivity index (χ2n) is 7.30. The molecule has 1 amide bonds.